The fourth-order valence-corrected chi connectivity index (χ4v) is 5.25. The van der Waals surface area contributed by atoms with Crippen LogP contribution in [0.25, 0.3) is 0 Å². The minimum absolute atomic E-state index is 0.102. The highest BCUT2D eigenvalue weighted by Gasteiger charge is 2.52. The van der Waals surface area contributed by atoms with Crippen molar-refractivity contribution in [1.82, 2.24) is 4.90 Å². The molecule has 21 heavy (non-hydrogen) atoms. The first-order valence-electron chi connectivity index (χ1n) is 7.74. The van der Waals surface area contributed by atoms with Gasteiger partial charge in [-0.25, -0.2) is 0 Å². The molecule has 0 bridgehead atoms. The predicted molar refractivity (Wildman–Crippen MR) is 80.4 cm³/mol. The maximum atomic E-state index is 12.8. The van der Waals surface area contributed by atoms with Crippen LogP contribution in [0.5, 0.6) is 0 Å². The first-order valence-corrected chi connectivity index (χ1v) is 8.56. The van der Waals surface area contributed by atoms with Crippen LogP contribution in [-0.4, -0.2) is 41.7 Å². The summed E-state index contributed by atoms with van der Waals surface area (Å²) in [7, 11) is 0. The third kappa shape index (κ3) is 2.05. The zero-order valence-electron chi connectivity index (χ0n) is 12.3. The van der Waals surface area contributed by atoms with Gasteiger partial charge in [-0.2, -0.15) is 0 Å². The lowest BCUT2D eigenvalue weighted by Gasteiger charge is -2.27. The Morgan fingerprint density at radius 2 is 2.38 bits per heavy atom. The maximum Gasteiger partial charge on any atom is 0.263 e. The van der Waals surface area contributed by atoms with E-state index in [1.54, 1.807) is 11.3 Å². The number of hydrogen-bond donors (Lipinski definition) is 1. The number of likely N-dealkylation sites (tertiary alicyclic amines) is 1. The highest BCUT2D eigenvalue weighted by atomic mass is 32.1. The number of nitrogens with zero attached hydrogens (tertiary/aromatic N) is 1. The van der Waals surface area contributed by atoms with Gasteiger partial charge in [0.1, 0.15) is 0 Å². The summed E-state index contributed by atoms with van der Waals surface area (Å²) in [5, 5.41) is 10.2. The van der Waals surface area contributed by atoms with E-state index in [2.05, 4.69) is 6.92 Å². The van der Waals surface area contributed by atoms with Gasteiger partial charge in [0.05, 0.1) is 24.2 Å². The molecule has 1 aromatic heterocycles. The van der Waals surface area contributed by atoms with Crippen LogP contribution < -0.4 is 0 Å². The molecule has 114 valence electrons. The van der Waals surface area contributed by atoms with E-state index in [1.807, 2.05) is 11.0 Å². The number of carbonyl (C=O) groups excluding carboxylic acids is 1. The molecule has 0 radical (unpaired) electrons. The summed E-state index contributed by atoms with van der Waals surface area (Å²) in [6.45, 7) is 5.02. The third-order valence-electron chi connectivity index (χ3n) is 5.58. The highest BCUT2D eigenvalue weighted by molar-refractivity contribution is 7.14. The van der Waals surface area contributed by atoms with Gasteiger partial charge in [0, 0.05) is 29.8 Å². The van der Waals surface area contributed by atoms with Crippen LogP contribution in [0.1, 0.15) is 39.9 Å². The maximum absolute atomic E-state index is 12.8. The fraction of sp³-hybridized carbons (Fsp3) is 0.688. The van der Waals surface area contributed by atoms with Gasteiger partial charge < -0.3 is 14.7 Å². The van der Waals surface area contributed by atoms with Crippen LogP contribution in [0.3, 0.4) is 0 Å². The van der Waals surface area contributed by atoms with E-state index in [4.69, 9.17) is 4.74 Å². The Bertz CT molecular complexity index is 561. The van der Waals surface area contributed by atoms with Crippen LogP contribution in [0.2, 0.25) is 0 Å². The summed E-state index contributed by atoms with van der Waals surface area (Å²) < 4.78 is 5.45. The van der Waals surface area contributed by atoms with Crippen molar-refractivity contribution in [2.75, 3.05) is 19.7 Å². The van der Waals surface area contributed by atoms with Gasteiger partial charge in [0.2, 0.25) is 0 Å². The normalized spacial score (nSPS) is 34.9. The van der Waals surface area contributed by atoms with Gasteiger partial charge in [0.25, 0.3) is 5.91 Å². The Morgan fingerprint density at radius 3 is 3.14 bits per heavy atom. The van der Waals surface area contributed by atoms with Crippen molar-refractivity contribution < 1.29 is 14.6 Å². The standard InChI is InChI=1S/C16H21NO3S/c1-16-9-17(7-11(16)2-3-14(16)18)15(19)13-6-10-8-20-5-4-12(10)21-13/h6,11,14,18H,2-5,7-9H2,1H3/t11-,14+,16+/m0/s1. The van der Waals surface area contributed by atoms with E-state index in [0.29, 0.717) is 19.1 Å². The summed E-state index contributed by atoms with van der Waals surface area (Å²) in [5.74, 6) is 0.589. The zero-order chi connectivity index (χ0) is 14.6. The van der Waals surface area contributed by atoms with E-state index in [0.717, 1.165) is 37.3 Å². The number of fused-ring (bicyclic) bond motifs is 2. The second-order valence-electron chi connectivity index (χ2n) is 6.84. The smallest absolute Gasteiger partial charge is 0.263 e. The van der Waals surface area contributed by atoms with Gasteiger partial charge in [-0.15, -0.1) is 11.3 Å². The lowest BCUT2D eigenvalue weighted by molar-refractivity contribution is 0.0515. The average Bonchev–Trinajstić information content (AvgIpc) is 3.12. The molecular formula is C16H21NO3S. The number of thiophene rings is 1. The SMILES string of the molecule is C[C@@]12CN(C(=O)c3cc4c(s3)CCOC4)C[C@@H]1CC[C@H]2O. The van der Waals surface area contributed by atoms with Gasteiger partial charge in [0.15, 0.2) is 0 Å². The van der Waals surface area contributed by atoms with Gasteiger partial charge in [-0.3, -0.25) is 4.79 Å². The summed E-state index contributed by atoms with van der Waals surface area (Å²) in [5.41, 5.74) is 1.08. The number of rotatable bonds is 1. The fourth-order valence-electron chi connectivity index (χ4n) is 4.13. The topological polar surface area (TPSA) is 49.8 Å². The monoisotopic (exact) mass is 307 g/mol. The largest absolute Gasteiger partial charge is 0.392 e. The number of aliphatic hydroxyl groups is 1. The molecule has 1 amide bonds. The first kappa shape index (κ1) is 13.7. The molecule has 0 aromatic carbocycles. The summed E-state index contributed by atoms with van der Waals surface area (Å²) in [4.78, 5) is 16.8. The minimum atomic E-state index is -0.259. The molecule has 2 fully saturated rings. The van der Waals surface area contributed by atoms with Crippen molar-refractivity contribution in [3.05, 3.63) is 21.4 Å². The second-order valence-corrected chi connectivity index (χ2v) is 7.98. The number of ether oxygens (including phenoxy) is 1. The zero-order valence-corrected chi connectivity index (χ0v) is 13.1. The van der Waals surface area contributed by atoms with Gasteiger partial charge in [-0.05, 0) is 30.4 Å². The molecule has 1 N–H and O–H groups in total. The second kappa shape index (κ2) is 4.80. The van der Waals surface area contributed by atoms with Crippen molar-refractivity contribution in [3.8, 4) is 0 Å². The molecule has 5 heteroatoms. The van der Waals surface area contributed by atoms with Crippen LogP contribution in [-0.2, 0) is 17.8 Å². The van der Waals surface area contributed by atoms with E-state index >= 15 is 0 Å². The molecule has 1 saturated heterocycles. The van der Waals surface area contributed by atoms with Crippen LogP contribution in [0.4, 0.5) is 0 Å². The van der Waals surface area contributed by atoms with Crippen molar-refractivity contribution in [2.24, 2.45) is 11.3 Å². The number of aliphatic hydroxyl groups excluding tert-OH is 1. The molecule has 1 aliphatic carbocycles. The number of amides is 1. The lowest BCUT2D eigenvalue weighted by atomic mass is 9.81. The Hall–Kier alpha value is -0.910. The van der Waals surface area contributed by atoms with E-state index in [-0.39, 0.29) is 17.4 Å². The quantitative estimate of drug-likeness (QED) is 0.864. The molecular weight excluding hydrogens is 286 g/mol. The molecule has 1 saturated carbocycles. The lowest BCUT2D eigenvalue weighted by Crippen LogP contribution is -2.36. The summed E-state index contributed by atoms with van der Waals surface area (Å²) >= 11 is 1.62. The highest BCUT2D eigenvalue weighted by Crippen LogP contribution is 2.48. The molecule has 0 spiro atoms. The Labute approximate surface area is 128 Å². The number of hydrogen-bond acceptors (Lipinski definition) is 4. The van der Waals surface area contributed by atoms with E-state index in [1.165, 1.54) is 10.4 Å². The minimum Gasteiger partial charge on any atom is -0.392 e. The number of carbonyl (C=O) groups is 1. The van der Waals surface area contributed by atoms with Crippen LogP contribution >= 0.6 is 11.3 Å². The van der Waals surface area contributed by atoms with E-state index < -0.39 is 0 Å². The molecule has 3 atom stereocenters. The van der Waals surface area contributed by atoms with Crippen LogP contribution in [0.15, 0.2) is 6.07 Å². The third-order valence-corrected chi connectivity index (χ3v) is 6.81. The Morgan fingerprint density at radius 1 is 1.52 bits per heavy atom. The summed E-state index contributed by atoms with van der Waals surface area (Å²) in [6, 6.07) is 2.01. The Kier molecular flexibility index (Phi) is 3.14. The summed E-state index contributed by atoms with van der Waals surface area (Å²) in [6.07, 6.45) is 2.58. The molecule has 3 aliphatic rings. The molecule has 4 nitrogen and oxygen atoms in total. The molecule has 4 rings (SSSR count). The Balaban J connectivity index is 1.55. The van der Waals surface area contributed by atoms with Crippen molar-refractivity contribution >= 4 is 17.2 Å². The predicted octanol–water partition coefficient (Wildman–Crippen LogP) is 2.05. The van der Waals surface area contributed by atoms with Gasteiger partial charge in [-0.1, -0.05) is 6.92 Å². The molecule has 0 unspecified atom stereocenters. The first-order chi connectivity index (χ1) is 10.1. The van der Waals surface area contributed by atoms with Crippen LogP contribution in [0, 0.1) is 11.3 Å². The van der Waals surface area contributed by atoms with Gasteiger partial charge >= 0.3 is 0 Å². The molecule has 2 aliphatic heterocycles. The van der Waals surface area contributed by atoms with E-state index in [9.17, 15) is 9.90 Å². The van der Waals surface area contributed by atoms with Crippen molar-refractivity contribution in [1.29, 1.82) is 0 Å². The van der Waals surface area contributed by atoms with Crippen molar-refractivity contribution in [2.45, 2.75) is 38.9 Å². The molecule has 1 aromatic rings. The van der Waals surface area contributed by atoms with Crippen molar-refractivity contribution in [3.63, 3.8) is 0 Å². The average molecular weight is 307 g/mol. The molecule has 3 heterocycles.